The van der Waals surface area contributed by atoms with Crippen molar-refractivity contribution in [2.45, 2.75) is 26.8 Å². The van der Waals surface area contributed by atoms with Crippen LogP contribution in [-0.2, 0) is 4.79 Å². The van der Waals surface area contributed by atoms with Crippen LogP contribution >= 0.6 is 0 Å². The summed E-state index contributed by atoms with van der Waals surface area (Å²) in [6.07, 6.45) is 3.92. The van der Waals surface area contributed by atoms with Crippen LogP contribution in [0, 0.1) is 5.92 Å². The number of methoxy groups -OCH3 is 1. The smallest absolute Gasteiger partial charge is 0.258 e. The Morgan fingerprint density at radius 3 is 2.57 bits per heavy atom. The maximum Gasteiger partial charge on any atom is 0.258 e. The predicted molar refractivity (Wildman–Crippen MR) is 116 cm³/mol. The van der Waals surface area contributed by atoms with Crippen molar-refractivity contribution < 1.29 is 23.7 Å². The van der Waals surface area contributed by atoms with Crippen LogP contribution < -0.4 is 24.3 Å². The molecule has 0 bridgehead atoms. The third-order valence-electron chi connectivity index (χ3n) is 4.81. The van der Waals surface area contributed by atoms with Gasteiger partial charge < -0.3 is 24.3 Å². The molecular weight excluding hydrogens is 382 g/mol. The molecular formula is C24H29NO5. The van der Waals surface area contributed by atoms with Crippen LogP contribution in [0.4, 0.5) is 0 Å². The molecule has 0 saturated carbocycles. The largest absolute Gasteiger partial charge is 0.493 e. The van der Waals surface area contributed by atoms with E-state index in [2.05, 4.69) is 19.2 Å². The fourth-order valence-corrected chi connectivity index (χ4v) is 3.35. The average molecular weight is 411 g/mol. The van der Waals surface area contributed by atoms with E-state index in [1.807, 2.05) is 55.5 Å². The lowest BCUT2D eigenvalue weighted by molar-refractivity contribution is -0.124. The Morgan fingerprint density at radius 2 is 1.87 bits per heavy atom. The van der Waals surface area contributed by atoms with Crippen molar-refractivity contribution in [3.63, 3.8) is 0 Å². The molecule has 1 aliphatic rings. The molecule has 1 heterocycles. The van der Waals surface area contributed by atoms with Gasteiger partial charge in [0.25, 0.3) is 5.91 Å². The van der Waals surface area contributed by atoms with E-state index in [0.29, 0.717) is 30.5 Å². The Balaban J connectivity index is 1.66. The number of amides is 1. The summed E-state index contributed by atoms with van der Waals surface area (Å²) >= 11 is 0. The van der Waals surface area contributed by atoms with Crippen molar-refractivity contribution in [2.75, 3.05) is 26.9 Å². The van der Waals surface area contributed by atoms with Gasteiger partial charge in [0.05, 0.1) is 13.2 Å². The lowest BCUT2D eigenvalue weighted by Crippen LogP contribution is -2.35. The quantitative estimate of drug-likeness (QED) is 0.698. The summed E-state index contributed by atoms with van der Waals surface area (Å²) in [5, 5.41) is 3.07. The summed E-state index contributed by atoms with van der Waals surface area (Å²) in [5.74, 6) is 2.54. The number of carbonyl (C=O) groups excluding carboxylic acids is 1. The number of allylic oxidation sites excluding steroid dienone is 1. The van der Waals surface area contributed by atoms with Crippen molar-refractivity contribution in [3.05, 3.63) is 53.6 Å². The van der Waals surface area contributed by atoms with Crippen LogP contribution in [0.3, 0.4) is 0 Å². The first kappa shape index (κ1) is 21.6. The fourth-order valence-electron chi connectivity index (χ4n) is 3.35. The molecule has 1 N–H and O–H groups in total. The highest BCUT2D eigenvalue weighted by Gasteiger charge is 2.22. The second-order valence-electron chi connectivity index (χ2n) is 7.39. The van der Waals surface area contributed by atoms with Gasteiger partial charge in [0, 0.05) is 0 Å². The molecule has 6 heteroatoms. The van der Waals surface area contributed by atoms with E-state index < -0.39 is 0 Å². The zero-order valence-electron chi connectivity index (χ0n) is 17.9. The van der Waals surface area contributed by atoms with E-state index in [9.17, 15) is 4.79 Å². The molecule has 2 aromatic carbocycles. The SMILES string of the molecule is C/C=C/c1ccc(OCC(=O)N[C@@H](c2ccc3c(c2)OCCO3)C(C)C)c(OC)c1. The van der Waals surface area contributed by atoms with E-state index in [1.165, 1.54) is 0 Å². The maximum atomic E-state index is 12.6. The Bertz CT molecular complexity index is 906. The third-order valence-corrected chi connectivity index (χ3v) is 4.81. The molecule has 2 aromatic rings. The second-order valence-corrected chi connectivity index (χ2v) is 7.39. The van der Waals surface area contributed by atoms with Crippen molar-refractivity contribution >= 4 is 12.0 Å². The zero-order valence-corrected chi connectivity index (χ0v) is 17.9. The van der Waals surface area contributed by atoms with Gasteiger partial charge in [-0.25, -0.2) is 0 Å². The molecule has 1 amide bonds. The summed E-state index contributed by atoms with van der Waals surface area (Å²) in [6, 6.07) is 11.2. The monoisotopic (exact) mass is 411 g/mol. The molecule has 0 unspecified atom stereocenters. The van der Waals surface area contributed by atoms with Gasteiger partial charge in [0.15, 0.2) is 29.6 Å². The van der Waals surface area contributed by atoms with Gasteiger partial charge in [-0.15, -0.1) is 0 Å². The molecule has 30 heavy (non-hydrogen) atoms. The molecule has 0 aliphatic carbocycles. The lowest BCUT2D eigenvalue weighted by Gasteiger charge is -2.25. The van der Waals surface area contributed by atoms with Crippen LogP contribution in [0.15, 0.2) is 42.5 Å². The summed E-state index contributed by atoms with van der Waals surface area (Å²) in [7, 11) is 1.58. The Morgan fingerprint density at radius 1 is 1.10 bits per heavy atom. The number of fused-ring (bicyclic) bond motifs is 1. The number of rotatable bonds is 8. The molecule has 0 radical (unpaired) electrons. The minimum Gasteiger partial charge on any atom is -0.493 e. The van der Waals surface area contributed by atoms with Crippen LogP contribution in [0.1, 0.15) is 37.9 Å². The Hall–Kier alpha value is -3.15. The normalized spacial score (nSPS) is 13.9. The number of nitrogens with one attached hydrogen (secondary N) is 1. The molecule has 160 valence electrons. The summed E-state index contributed by atoms with van der Waals surface area (Å²) in [5.41, 5.74) is 1.97. The fraction of sp³-hybridized carbons (Fsp3) is 0.375. The van der Waals surface area contributed by atoms with E-state index in [0.717, 1.165) is 16.9 Å². The van der Waals surface area contributed by atoms with Crippen LogP contribution in [-0.4, -0.2) is 32.8 Å². The average Bonchev–Trinajstić information content (AvgIpc) is 2.76. The van der Waals surface area contributed by atoms with Crippen molar-refractivity contribution in [1.82, 2.24) is 5.32 Å². The van der Waals surface area contributed by atoms with Gasteiger partial charge in [0.1, 0.15) is 13.2 Å². The molecule has 6 nitrogen and oxygen atoms in total. The maximum absolute atomic E-state index is 12.6. The minimum atomic E-state index is -0.205. The first-order chi connectivity index (χ1) is 14.5. The number of carbonyl (C=O) groups is 1. The molecule has 1 atom stereocenters. The summed E-state index contributed by atoms with van der Waals surface area (Å²) < 4.78 is 22.4. The number of hydrogen-bond acceptors (Lipinski definition) is 5. The first-order valence-corrected chi connectivity index (χ1v) is 10.1. The summed E-state index contributed by atoms with van der Waals surface area (Å²) in [6.45, 7) is 7.04. The highest BCUT2D eigenvalue weighted by molar-refractivity contribution is 5.78. The summed E-state index contributed by atoms with van der Waals surface area (Å²) in [4.78, 5) is 12.6. The van der Waals surface area contributed by atoms with E-state index in [4.69, 9.17) is 18.9 Å². The number of hydrogen-bond donors (Lipinski definition) is 1. The van der Waals surface area contributed by atoms with Gasteiger partial charge in [-0.3, -0.25) is 4.79 Å². The highest BCUT2D eigenvalue weighted by atomic mass is 16.6. The number of benzene rings is 2. The van der Waals surface area contributed by atoms with Crippen molar-refractivity contribution in [3.8, 4) is 23.0 Å². The van der Waals surface area contributed by atoms with E-state index in [1.54, 1.807) is 7.11 Å². The zero-order chi connectivity index (χ0) is 21.5. The lowest BCUT2D eigenvalue weighted by atomic mass is 9.95. The van der Waals surface area contributed by atoms with Gasteiger partial charge in [0.2, 0.25) is 0 Å². The number of ether oxygens (including phenoxy) is 4. The highest BCUT2D eigenvalue weighted by Crippen LogP contribution is 2.34. The van der Waals surface area contributed by atoms with Gasteiger partial charge in [-0.1, -0.05) is 38.1 Å². The molecule has 0 aromatic heterocycles. The minimum absolute atomic E-state index is 0.104. The van der Waals surface area contributed by atoms with Crippen molar-refractivity contribution in [1.29, 1.82) is 0 Å². The molecule has 3 rings (SSSR count). The van der Waals surface area contributed by atoms with Gasteiger partial charge in [-0.2, -0.15) is 0 Å². The third kappa shape index (κ3) is 5.26. The van der Waals surface area contributed by atoms with E-state index >= 15 is 0 Å². The standard InChI is InChI=1S/C24H29NO5/c1-5-6-17-7-9-19(21(13-17)27-4)30-15-23(26)25-24(16(2)3)18-8-10-20-22(14-18)29-12-11-28-20/h5-10,13-14,16,24H,11-12,15H2,1-4H3,(H,25,26)/b6-5+/t24-/m1/s1. The van der Waals surface area contributed by atoms with Crippen LogP contribution in [0.25, 0.3) is 6.08 Å². The van der Waals surface area contributed by atoms with Crippen molar-refractivity contribution in [2.24, 2.45) is 5.92 Å². The van der Waals surface area contributed by atoms with Crippen LogP contribution in [0.2, 0.25) is 0 Å². The second kappa shape index (κ2) is 10.1. The first-order valence-electron chi connectivity index (χ1n) is 10.1. The van der Waals surface area contributed by atoms with Crippen LogP contribution in [0.5, 0.6) is 23.0 Å². The molecule has 1 aliphatic heterocycles. The Labute approximate surface area is 177 Å². The Kier molecular flexibility index (Phi) is 7.22. The topological polar surface area (TPSA) is 66.0 Å². The van der Waals surface area contributed by atoms with Gasteiger partial charge in [-0.05, 0) is 48.2 Å². The molecule has 0 spiro atoms. The molecule has 0 saturated heterocycles. The van der Waals surface area contributed by atoms with E-state index in [-0.39, 0.29) is 24.5 Å². The molecule has 0 fully saturated rings. The van der Waals surface area contributed by atoms with Gasteiger partial charge >= 0.3 is 0 Å². The predicted octanol–water partition coefficient (Wildman–Crippen LogP) is 4.39.